The third-order valence-electron chi connectivity index (χ3n) is 4.83. The van der Waals surface area contributed by atoms with Gasteiger partial charge in [0.25, 0.3) is 5.91 Å². The van der Waals surface area contributed by atoms with Crippen LogP contribution < -0.4 is 4.74 Å². The second kappa shape index (κ2) is 9.59. The van der Waals surface area contributed by atoms with Gasteiger partial charge in [-0.25, -0.2) is 0 Å². The third-order valence-corrected chi connectivity index (χ3v) is 5.61. The summed E-state index contributed by atoms with van der Waals surface area (Å²) in [4.78, 5) is 20.9. The number of carbonyl (C=O) groups is 1. The first-order valence-electron chi connectivity index (χ1n) is 9.54. The maximum absolute atomic E-state index is 12.4. The van der Waals surface area contributed by atoms with Gasteiger partial charge >= 0.3 is 0 Å². The highest BCUT2D eigenvalue weighted by molar-refractivity contribution is 9.10. The van der Waals surface area contributed by atoms with Crippen molar-refractivity contribution in [2.45, 2.75) is 6.54 Å². The Morgan fingerprint density at radius 3 is 2.47 bits per heavy atom. The summed E-state index contributed by atoms with van der Waals surface area (Å²) >= 11 is 9.29. The summed E-state index contributed by atoms with van der Waals surface area (Å²) in [5, 5.41) is 4.71. The number of hydrogen-bond acceptors (Lipinski definition) is 6. The van der Waals surface area contributed by atoms with Gasteiger partial charge in [0, 0.05) is 41.2 Å². The SMILES string of the molecule is O=C(COc1ccc(Br)cc1)N1CCN(Cc2nc(-c3ccc(Cl)cc3)no2)CC1. The molecule has 3 aromatic rings. The predicted molar refractivity (Wildman–Crippen MR) is 116 cm³/mol. The van der Waals surface area contributed by atoms with Crippen molar-refractivity contribution in [2.24, 2.45) is 0 Å². The van der Waals surface area contributed by atoms with Crippen molar-refractivity contribution in [3.05, 3.63) is 63.9 Å². The highest BCUT2D eigenvalue weighted by Gasteiger charge is 2.23. The van der Waals surface area contributed by atoms with Crippen LogP contribution >= 0.6 is 27.5 Å². The lowest BCUT2D eigenvalue weighted by Gasteiger charge is -2.33. The van der Waals surface area contributed by atoms with Crippen LogP contribution in [0, 0.1) is 0 Å². The summed E-state index contributed by atoms with van der Waals surface area (Å²) in [6, 6.07) is 14.7. The van der Waals surface area contributed by atoms with Gasteiger partial charge in [-0.15, -0.1) is 0 Å². The Morgan fingerprint density at radius 1 is 1.07 bits per heavy atom. The number of halogens is 2. The first-order valence-corrected chi connectivity index (χ1v) is 10.7. The molecule has 0 N–H and O–H groups in total. The maximum atomic E-state index is 12.4. The fourth-order valence-corrected chi connectivity index (χ4v) is 3.54. The number of ether oxygens (including phenoxy) is 1. The third kappa shape index (κ3) is 5.38. The van der Waals surface area contributed by atoms with Gasteiger partial charge in [0.05, 0.1) is 6.54 Å². The van der Waals surface area contributed by atoms with E-state index in [0.717, 1.165) is 23.1 Å². The van der Waals surface area contributed by atoms with Crippen molar-refractivity contribution in [3.8, 4) is 17.1 Å². The quantitative estimate of drug-likeness (QED) is 0.521. The molecule has 2 aromatic carbocycles. The fraction of sp³-hybridized carbons (Fsp3) is 0.286. The van der Waals surface area contributed by atoms with Crippen molar-refractivity contribution >= 4 is 33.4 Å². The van der Waals surface area contributed by atoms with Crippen LogP contribution in [0.25, 0.3) is 11.4 Å². The zero-order chi connectivity index (χ0) is 20.9. The van der Waals surface area contributed by atoms with E-state index in [4.69, 9.17) is 20.9 Å². The number of carbonyl (C=O) groups excluding carboxylic acids is 1. The van der Waals surface area contributed by atoms with E-state index in [0.29, 0.717) is 42.1 Å². The number of amides is 1. The van der Waals surface area contributed by atoms with Gasteiger partial charge < -0.3 is 14.2 Å². The molecule has 0 unspecified atom stereocenters. The van der Waals surface area contributed by atoms with Crippen LogP contribution in [-0.4, -0.2) is 58.6 Å². The van der Waals surface area contributed by atoms with Crippen LogP contribution in [0.3, 0.4) is 0 Å². The predicted octanol–water partition coefficient (Wildman–Crippen LogP) is 3.88. The van der Waals surface area contributed by atoms with Crippen LogP contribution in [0.1, 0.15) is 5.89 Å². The lowest BCUT2D eigenvalue weighted by atomic mass is 10.2. The van der Waals surface area contributed by atoms with Gasteiger partial charge in [-0.05, 0) is 48.5 Å². The van der Waals surface area contributed by atoms with Crippen molar-refractivity contribution in [3.63, 3.8) is 0 Å². The van der Waals surface area contributed by atoms with E-state index in [1.165, 1.54) is 0 Å². The van der Waals surface area contributed by atoms with Crippen LogP contribution in [0.2, 0.25) is 5.02 Å². The smallest absolute Gasteiger partial charge is 0.260 e. The average molecular weight is 492 g/mol. The number of aromatic nitrogens is 2. The molecule has 7 nitrogen and oxygen atoms in total. The van der Waals surface area contributed by atoms with Crippen LogP contribution in [-0.2, 0) is 11.3 Å². The standard InChI is InChI=1S/C21H20BrClN4O3/c22-16-3-7-18(8-4-16)29-14-20(28)27-11-9-26(10-12-27)13-19-24-21(25-30-19)15-1-5-17(23)6-2-15/h1-8H,9-14H2. The van der Waals surface area contributed by atoms with Crippen molar-refractivity contribution in [1.82, 2.24) is 19.9 Å². The molecule has 0 spiro atoms. The number of hydrogen-bond donors (Lipinski definition) is 0. The normalized spacial score (nSPS) is 14.7. The molecule has 4 rings (SSSR count). The van der Waals surface area contributed by atoms with E-state index < -0.39 is 0 Å². The summed E-state index contributed by atoms with van der Waals surface area (Å²) < 4.78 is 11.9. The zero-order valence-corrected chi connectivity index (χ0v) is 18.5. The van der Waals surface area contributed by atoms with Crippen LogP contribution in [0.15, 0.2) is 57.5 Å². The first kappa shape index (κ1) is 20.8. The van der Waals surface area contributed by atoms with Crippen molar-refractivity contribution < 1.29 is 14.1 Å². The number of rotatable bonds is 6. The van der Waals surface area contributed by atoms with Gasteiger partial charge in [-0.3, -0.25) is 9.69 Å². The summed E-state index contributed by atoms with van der Waals surface area (Å²) in [5.41, 5.74) is 0.857. The number of piperazine rings is 1. The molecule has 1 aromatic heterocycles. The topological polar surface area (TPSA) is 71.7 Å². The Balaban J connectivity index is 1.24. The minimum atomic E-state index is -0.0135. The molecule has 1 aliphatic heterocycles. The molecule has 2 heterocycles. The van der Waals surface area contributed by atoms with E-state index in [2.05, 4.69) is 31.0 Å². The molecule has 0 saturated carbocycles. The molecule has 156 valence electrons. The number of nitrogens with zero attached hydrogens (tertiary/aromatic N) is 4. The Bertz CT molecular complexity index is 986. The number of benzene rings is 2. The molecule has 30 heavy (non-hydrogen) atoms. The molecule has 1 saturated heterocycles. The first-order chi connectivity index (χ1) is 14.6. The largest absolute Gasteiger partial charge is 0.484 e. The molecular weight excluding hydrogens is 472 g/mol. The molecule has 0 atom stereocenters. The van der Waals surface area contributed by atoms with Crippen LogP contribution in [0.4, 0.5) is 0 Å². The van der Waals surface area contributed by atoms with Gasteiger partial charge in [-0.1, -0.05) is 32.7 Å². The molecule has 1 amide bonds. The van der Waals surface area contributed by atoms with Crippen molar-refractivity contribution in [2.75, 3.05) is 32.8 Å². The fourth-order valence-electron chi connectivity index (χ4n) is 3.15. The summed E-state index contributed by atoms with van der Waals surface area (Å²) in [6.45, 7) is 3.35. The molecule has 0 radical (unpaired) electrons. The monoisotopic (exact) mass is 490 g/mol. The van der Waals surface area contributed by atoms with E-state index in [-0.39, 0.29) is 12.5 Å². The molecule has 1 fully saturated rings. The summed E-state index contributed by atoms with van der Waals surface area (Å²) in [6.07, 6.45) is 0. The Kier molecular flexibility index (Phi) is 6.66. The molecular formula is C21H20BrClN4O3. The minimum Gasteiger partial charge on any atom is -0.484 e. The van der Waals surface area contributed by atoms with Gasteiger partial charge in [0.15, 0.2) is 6.61 Å². The molecule has 9 heteroatoms. The Labute approximate surface area is 187 Å². The molecule has 0 aliphatic carbocycles. The van der Waals surface area contributed by atoms with Gasteiger partial charge in [0.1, 0.15) is 5.75 Å². The summed E-state index contributed by atoms with van der Waals surface area (Å²) in [7, 11) is 0. The minimum absolute atomic E-state index is 0.0135. The second-order valence-corrected chi connectivity index (χ2v) is 8.27. The molecule has 1 aliphatic rings. The maximum Gasteiger partial charge on any atom is 0.260 e. The van der Waals surface area contributed by atoms with E-state index >= 15 is 0 Å². The van der Waals surface area contributed by atoms with E-state index in [1.807, 2.05) is 41.3 Å². The lowest BCUT2D eigenvalue weighted by molar-refractivity contribution is -0.135. The highest BCUT2D eigenvalue weighted by Crippen LogP contribution is 2.19. The molecule has 0 bridgehead atoms. The zero-order valence-electron chi connectivity index (χ0n) is 16.1. The van der Waals surface area contributed by atoms with E-state index in [9.17, 15) is 4.79 Å². The van der Waals surface area contributed by atoms with Crippen molar-refractivity contribution in [1.29, 1.82) is 0 Å². The summed E-state index contributed by atoms with van der Waals surface area (Å²) in [5.74, 6) is 1.76. The highest BCUT2D eigenvalue weighted by atomic mass is 79.9. The van der Waals surface area contributed by atoms with Gasteiger partial charge in [-0.2, -0.15) is 4.98 Å². The Hall–Kier alpha value is -2.42. The lowest BCUT2D eigenvalue weighted by Crippen LogP contribution is -2.49. The second-order valence-electron chi connectivity index (χ2n) is 6.92. The van der Waals surface area contributed by atoms with Gasteiger partial charge in [0.2, 0.25) is 11.7 Å². The van der Waals surface area contributed by atoms with E-state index in [1.54, 1.807) is 12.1 Å². The Morgan fingerprint density at radius 2 is 1.77 bits per heavy atom. The van der Waals surface area contributed by atoms with Crippen LogP contribution in [0.5, 0.6) is 5.75 Å². The average Bonchev–Trinajstić information content (AvgIpc) is 3.22.